The van der Waals surface area contributed by atoms with E-state index in [1.54, 1.807) is 29.4 Å². The molecule has 0 radical (unpaired) electrons. The Balaban J connectivity index is 0.00000200. The Morgan fingerprint density at radius 3 is 2.40 bits per heavy atom. The molecule has 7 heteroatoms. The molecule has 1 aliphatic heterocycles. The fourth-order valence-electron chi connectivity index (χ4n) is 2.43. The van der Waals surface area contributed by atoms with Crippen molar-refractivity contribution in [2.45, 2.75) is 30.7 Å². The highest BCUT2D eigenvalue weighted by molar-refractivity contribution is 7.89. The largest absolute Gasteiger partial charge is 0.317 e. The maximum absolute atomic E-state index is 12.6. The maximum Gasteiger partial charge on any atom is 0.243 e. The molecule has 1 aromatic carbocycles. The molecule has 1 heterocycles. The first kappa shape index (κ1) is 17.7. The second-order valence-electron chi connectivity index (χ2n) is 4.88. The topological polar surface area (TPSA) is 49.4 Å². The summed E-state index contributed by atoms with van der Waals surface area (Å²) in [5.41, 5.74) is 0.697. The Labute approximate surface area is 132 Å². The van der Waals surface area contributed by atoms with Gasteiger partial charge in [0, 0.05) is 24.2 Å². The van der Waals surface area contributed by atoms with Crippen molar-refractivity contribution in [1.29, 1.82) is 0 Å². The van der Waals surface area contributed by atoms with Gasteiger partial charge in [-0.2, -0.15) is 4.31 Å². The van der Waals surface area contributed by atoms with Crippen LogP contribution in [-0.4, -0.2) is 38.9 Å². The van der Waals surface area contributed by atoms with E-state index in [2.05, 4.69) is 5.32 Å². The van der Waals surface area contributed by atoms with E-state index in [4.69, 9.17) is 11.6 Å². The third-order valence-corrected chi connectivity index (χ3v) is 5.91. The number of aryl methyl sites for hydroxylation is 1. The van der Waals surface area contributed by atoms with E-state index in [-0.39, 0.29) is 12.4 Å². The maximum atomic E-state index is 12.6. The van der Waals surface area contributed by atoms with Gasteiger partial charge < -0.3 is 5.32 Å². The van der Waals surface area contributed by atoms with E-state index < -0.39 is 10.0 Å². The first-order chi connectivity index (χ1) is 8.95. The number of hydrogen-bond acceptors (Lipinski definition) is 3. The zero-order chi connectivity index (χ0) is 14.0. The zero-order valence-electron chi connectivity index (χ0n) is 11.6. The Kier molecular flexibility index (Phi) is 6.28. The second-order valence-corrected chi connectivity index (χ2v) is 7.22. The number of nitrogens with one attached hydrogen (secondary N) is 1. The molecule has 1 aliphatic rings. The smallest absolute Gasteiger partial charge is 0.243 e. The van der Waals surface area contributed by atoms with E-state index in [1.807, 2.05) is 7.05 Å². The molecule has 0 bridgehead atoms. The van der Waals surface area contributed by atoms with Crippen LogP contribution in [0.4, 0.5) is 0 Å². The van der Waals surface area contributed by atoms with Gasteiger partial charge in [0.25, 0.3) is 0 Å². The van der Waals surface area contributed by atoms with Crippen molar-refractivity contribution in [1.82, 2.24) is 9.62 Å². The first-order valence-corrected chi connectivity index (χ1v) is 8.20. The monoisotopic (exact) mass is 338 g/mol. The summed E-state index contributed by atoms with van der Waals surface area (Å²) in [6.45, 7) is 2.91. The third-order valence-electron chi connectivity index (χ3n) is 3.62. The van der Waals surface area contributed by atoms with Gasteiger partial charge in [-0.15, -0.1) is 12.4 Å². The molecular weight excluding hydrogens is 319 g/mol. The molecule has 0 aliphatic carbocycles. The molecule has 0 spiro atoms. The van der Waals surface area contributed by atoms with Crippen LogP contribution in [0, 0.1) is 6.92 Å². The quantitative estimate of drug-likeness (QED) is 0.920. The van der Waals surface area contributed by atoms with Crippen LogP contribution in [0.1, 0.15) is 18.4 Å². The molecule has 1 N–H and O–H groups in total. The van der Waals surface area contributed by atoms with Crippen LogP contribution >= 0.6 is 24.0 Å². The van der Waals surface area contributed by atoms with Crippen molar-refractivity contribution < 1.29 is 8.42 Å². The average Bonchev–Trinajstić information content (AvgIpc) is 2.38. The Morgan fingerprint density at radius 2 is 1.90 bits per heavy atom. The van der Waals surface area contributed by atoms with E-state index >= 15 is 0 Å². The molecule has 0 atom stereocenters. The molecule has 1 aromatic rings. The van der Waals surface area contributed by atoms with E-state index in [9.17, 15) is 8.42 Å². The van der Waals surface area contributed by atoms with Crippen LogP contribution in [0.2, 0.25) is 5.02 Å². The molecule has 0 saturated carbocycles. The first-order valence-electron chi connectivity index (χ1n) is 6.38. The summed E-state index contributed by atoms with van der Waals surface area (Å²) in [5.74, 6) is 0. The second kappa shape index (κ2) is 7.09. The van der Waals surface area contributed by atoms with Gasteiger partial charge in [-0.3, -0.25) is 0 Å². The standard InChI is InChI=1S/C13H19ClN2O2S.ClH/c1-10-9-11(14)3-4-13(10)19(17,18)16-7-5-12(15-2)6-8-16;/h3-4,9,12,15H,5-8H2,1-2H3;1H. The number of nitrogens with zero attached hydrogens (tertiary/aromatic N) is 1. The van der Waals surface area contributed by atoms with Gasteiger partial charge in [0.05, 0.1) is 4.90 Å². The molecule has 1 saturated heterocycles. The third kappa shape index (κ3) is 3.65. The molecule has 0 unspecified atom stereocenters. The lowest BCUT2D eigenvalue weighted by molar-refractivity contribution is 0.298. The van der Waals surface area contributed by atoms with Crippen LogP contribution in [0.5, 0.6) is 0 Å². The van der Waals surface area contributed by atoms with Crippen LogP contribution in [-0.2, 0) is 10.0 Å². The SMILES string of the molecule is CNC1CCN(S(=O)(=O)c2ccc(Cl)cc2C)CC1.Cl. The van der Waals surface area contributed by atoms with Crippen LogP contribution in [0.15, 0.2) is 23.1 Å². The van der Waals surface area contributed by atoms with Crippen molar-refractivity contribution in [3.63, 3.8) is 0 Å². The normalized spacial score (nSPS) is 17.8. The van der Waals surface area contributed by atoms with Gasteiger partial charge in [0.1, 0.15) is 0 Å². The lowest BCUT2D eigenvalue weighted by Gasteiger charge is -2.31. The van der Waals surface area contributed by atoms with Crippen LogP contribution in [0.3, 0.4) is 0 Å². The summed E-state index contributed by atoms with van der Waals surface area (Å²) >= 11 is 5.87. The number of benzene rings is 1. The molecule has 2 rings (SSSR count). The summed E-state index contributed by atoms with van der Waals surface area (Å²) in [6, 6.07) is 5.33. The van der Waals surface area contributed by atoms with Gasteiger partial charge >= 0.3 is 0 Å². The Morgan fingerprint density at radius 1 is 1.30 bits per heavy atom. The van der Waals surface area contributed by atoms with Crippen molar-refractivity contribution in [3.8, 4) is 0 Å². The van der Waals surface area contributed by atoms with Crippen molar-refractivity contribution in [3.05, 3.63) is 28.8 Å². The molecule has 20 heavy (non-hydrogen) atoms. The summed E-state index contributed by atoms with van der Waals surface area (Å²) < 4.78 is 26.7. The van der Waals surface area contributed by atoms with Crippen LogP contribution < -0.4 is 5.32 Å². The molecule has 1 fully saturated rings. The zero-order valence-corrected chi connectivity index (χ0v) is 14.0. The number of halogens is 2. The van der Waals surface area contributed by atoms with Crippen molar-refractivity contribution >= 4 is 34.0 Å². The highest BCUT2D eigenvalue weighted by Gasteiger charge is 2.29. The van der Waals surface area contributed by atoms with Crippen molar-refractivity contribution in [2.75, 3.05) is 20.1 Å². The van der Waals surface area contributed by atoms with E-state index in [1.165, 1.54) is 0 Å². The highest BCUT2D eigenvalue weighted by Crippen LogP contribution is 2.25. The number of piperidine rings is 1. The number of hydrogen-bond donors (Lipinski definition) is 1. The van der Waals surface area contributed by atoms with E-state index in [0.29, 0.717) is 34.6 Å². The Hall–Kier alpha value is -0.330. The highest BCUT2D eigenvalue weighted by atomic mass is 35.5. The van der Waals surface area contributed by atoms with Crippen molar-refractivity contribution in [2.24, 2.45) is 0 Å². The average molecular weight is 339 g/mol. The molecule has 114 valence electrons. The molecule has 0 aromatic heterocycles. The Bertz CT molecular complexity index is 555. The van der Waals surface area contributed by atoms with Gasteiger partial charge in [0.2, 0.25) is 10.0 Å². The van der Waals surface area contributed by atoms with Gasteiger partial charge in [0.15, 0.2) is 0 Å². The molecular formula is C13H20Cl2N2O2S. The number of rotatable bonds is 3. The predicted molar refractivity (Wildman–Crippen MR) is 84.3 cm³/mol. The number of sulfonamides is 1. The van der Waals surface area contributed by atoms with Gasteiger partial charge in [-0.05, 0) is 50.6 Å². The fraction of sp³-hybridized carbons (Fsp3) is 0.538. The fourth-order valence-corrected chi connectivity index (χ4v) is 4.33. The lowest BCUT2D eigenvalue weighted by Crippen LogP contribution is -2.44. The summed E-state index contributed by atoms with van der Waals surface area (Å²) in [7, 11) is -1.48. The molecule has 4 nitrogen and oxygen atoms in total. The van der Waals surface area contributed by atoms with E-state index in [0.717, 1.165) is 12.8 Å². The lowest BCUT2D eigenvalue weighted by atomic mass is 10.1. The summed E-state index contributed by atoms with van der Waals surface area (Å²) in [5, 5.41) is 3.76. The minimum atomic E-state index is -3.39. The van der Waals surface area contributed by atoms with Gasteiger partial charge in [-0.1, -0.05) is 11.6 Å². The van der Waals surface area contributed by atoms with Crippen LogP contribution in [0.25, 0.3) is 0 Å². The van der Waals surface area contributed by atoms with Gasteiger partial charge in [-0.25, -0.2) is 8.42 Å². The molecule has 0 amide bonds. The predicted octanol–water partition coefficient (Wildman–Crippen LogP) is 2.44. The summed E-state index contributed by atoms with van der Waals surface area (Å²) in [6.07, 6.45) is 1.70. The minimum Gasteiger partial charge on any atom is -0.317 e. The minimum absolute atomic E-state index is 0. The summed E-state index contributed by atoms with van der Waals surface area (Å²) in [4.78, 5) is 0.361.